The normalized spacial score (nSPS) is 19.7. The number of hydrogen-bond donors (Lipinski definition) is 1. The summed E-state index contributed by atoms with van der Waals surface area (Å²) in [5.41, 5.74) is 0.933. The van der Waals surface area contributed by atoms with E-state index in [-0.39, 0.29) is 0 Å². The maximum atomic E-state index is 10.3. The van der Waals surface area contributed by atoms with Crippen LogP contribution in [0.15, 0.2) is 20.9 Å². The van der Waals surface area contributed by atoms with Crippen molar-refractivity contribution in [2.24, 2.45) is 0 Å². The Morgan fingerprint density at radius 1 is 1.78 bits per heavy atom. The van der Waals surface area contributed by atoms with E-state index in [1.54, 1.807) is 0 Å². The number of carboxylic acid groups (broad SMARTS) is 1. The van der Waals surface area contributed by atoms with Crippen molar-refractivity contribution in [2.45, 2.75) is 6.92 Å². The molecule has 0 saturated carbocycles. The second-order valence-corrected chi connectivity index (χ2v) is 4.19. The fourth-order valence-corrected chi connectivity index (χ4v) is 2.64. The molecule has 1 N–H and O–H groups in total. The van der Waals surface area contributed by atoms with Gasteiger partial charge in [-0.05, 0) is 0 Å². The summed E-state index contributed by atoms with van der Waals surface area (Å²) in [5, 5.41) is 8.52. The Hall–Kier alpha value is -0.492. The van der Waals surface area contributed by atoms with Crippen molar-refractivity contribution in [2.75, 3.05) is 0 Å². The van der Waals surface area contributed by atoms with Crippen LogP contribution >= 0.6 is 0 Å². The summed E-state index contributed by atoms with van der Waals surface area (Å²) in [6.45, 7) is 1.84. The van der Waals surface area contributed by atoms with Crippen molar-refractivity contribution in [1.29, 1.82) is 0 Å². The van der Waals surface area contributed by atoms with Gasteiger partial charge >= 0.3 is 59.4 Å². The molecule has 0 amide bonds. The number of rotatable bonds is 1. The molecule has 0 spiro atoms. The number of hydrogen-bond acceptors (Lipinski definition) is 1. The number of allylic oxidation sites excluding steroid dienone is 2. The van der Waals surface area contributed by atoms with Gasteiger partial charge in [0.15, 0.2) is 0 Å². The molecule has 1 atom stereocenters. The van der Waals surface area contributed by atoms with Gasteiger partial charge in [0.05, 0.1) is 0 Å². The molecule has 48 valence electrons. The SMILES string of the molecule is CC1=C(C(=O)O)[AsH]C=C1. The van der Waals surface area contributed by atoms with Gasteiger partial charge in [0, 0.05) is 0 Å². The van der Waals surface area contributed by atoms with Gasteiger partial charge in [-0.25, -0.2) is 0 Å². The van der Waals surface area contributed by atoms with E-state index in [1.165, 1.54) is 0 Å². The van der Waals surface area contributed by atoms with E-state index in [9.17, 15) is 4.79 Å². The van der Waals surface area contributed by atoms with Gasteiger partial charge in [-0.3, -0.25) is 0 Å². The molecule has 0 bridgehead atoms. The van der Waals surface area contributed by atoms with E-state index in [0.717, 1.165) is 5.57 Å². The van der Waals surface area contributed by atoms with Crippen molar-refractivity contribution < 1.29 is 9.90 Å². The van der Waals surface area contributed by atoms with Crippen LogP contribution in [0.1, 0.15) is 6.92 Å². The zero-order chi connectivity index (χ0) is 6.85. The van der Waals surface area contributed by atoms with Gasteiger partial charge < -0.3 is 0 Å². The second-order valence-electron chi connectivity index (χ2n) is 1.84. The minimum absolute atomic E-state index is 0.426. The zero-order valence-corrected chi connectivity index (χ0v) is 7.11. The second kappa shape index (κ2) is 2.40. The molecule has 0 fully saturated rings. The molecule has 0 radical (unpaired) electrons. The van der Waals surface area contributed by atoms with Crippen LogP contribution in [-0.2, 0) is 4.79 Å². The summed E-state index contributed by atoms with van der Waals surface area (Å²) in [4.78, 5) is 12.3. The predicted octanol–water partition coefficient (Wildman–Crippen LogP) is 0.309. The summed E-state index contributed by atoms with van der Waals surface area (Å²) >= 11 is -0.426. The molecule has 0 aromatic carbocycles. The predicted molar refractivity (Wildman–Crippen MR) is 36.6 cm³/mol. The average Bonchev–Trinajstić information content (AvgIpc) is 2.13. The van der Waals surface area contributed by atoms with Gasteiger partial charge in [0.2, 0.25) is 0 Å². The molecule has 1 unspecified atom stereocenters. The quantitative estimate of drug-likeness (QED) is 0.598. The Balaban J connectivity index is 2.85. The van der Waals surface area contributed by atoms with Gasteiger partial charge in [0.1, 0.15) is 0 Å². The molecular weight excluding hydrogens is 179 g/mol. The first-order valence-electron chi connectivity index (χ1n) is 2.59. The molecule has 1 rings (SSSR count). The Kier molecular flexibility index (Phi) is 1.77. The van der Waals surface area contributed by atoms with Crippen LogP contribution in [0.3, 0.4) is 0 Å². The Morgan fingerprint density at radius 3 is 2.67 bits per heavy atom. The van der Waals surface area contributed by atoms with Crippen LogP contribution in [0.4, 0.5) is 0 Å². The van der Waals surface area contributed by atoms with E-state index >= 15 is 0 Å². The Bertz CT molecular complexity index is 203. The van der Waals surface area contributed by atoms with Gasteiger partial charge in [-0.2, -0.15) is 0 Å². The van der Waals surface area contributed by atoms with Crippen molar-refractivity contribution >= 4 is 21.7 Å². The Labute approximate surface area is 59.9 Å². The first-order valence-corrected chi connectivity index (χ1v) is 4.85. The topological polar surface area (TPSA) is 37.3 Å². The van der Waals surface area contributed by atoms with Crippen LogP contribution in [0.2, 0.25) is 0 Å². The summed E-state index contributed by atoms with van der Waals surface area (Å²) in [5.74, 6) is -0.738. The molecule has 3 heteroatoms. The minimum atomic E-state index is -0.738. The molecule has 0 aromatic rings. The van der Waals surface area contributed by atoms with Crippen molar-refractivity contribution in [3.05, 3.63) is 20.9 Å². The number of aliphatic carboxylic acids is 1. The van der Waals surface area contributed by atoms with Crippen LogP contribution in [0, 0.1) is 0 Å². The van der Waals surface area contributed by atoms with Crippen molar-refractivity contribution in [3.63, 3.8) is 0 Å². The molecule has 9 heavy (non-hydrogen) atoms. The number of carboxylic acids is 1. The third-order valence-electron chi connectivity index (χ3n) is 1.17. The van der Waals surface area contributed by atoms with Crippen LogP contribution in [0.5, 0.6) is 0 Å². The maximum absolute atomic E-state index is 10.3. The molecule has 0 saturated heterocycles. The third kappa shape index (κ3) is 1.25. The Morgan fingerprint density at radius 2 is 2.44 bits per heavy atom. The average molecular weight is 186 g/mol. The van der Waals surface area contributed by atoms with E-state index in [0.29, 0.717) is 4.36 Å². The molecular formula is C6H7AsO2. The van der Waals surface area contributed by atoms with Crippen LogP contribution in [-0.4, -0.2) is 26.8 Å². The van der Waals surface area contributed by atoms with Gasteiger partial charge in [-0.15, -0.1) is 0 Å². The van der Waals surface area contributed by atoms with E-state index < -0.39 is 21.7 Å². The fraction of sp³-hybridized carbons (Fsp3) is 0.167. The zero-order valence-electron chi connectivity index (χ0n) is 5.01. The molecule has 0 aliphatic carbocycles. The van der Waals surface area contributed by atoms with Crippen molar-refractivity contribution in [3.8, 4) is 0 Å². The van der Waals surface area contributed by atoms with E-state index in [4.69, 9.17) is 5.11 Å². The molecule has 1 heterocycles. The van der Waals surface area contributed by atoms with Crippen LogP contribution < -0.4 is 0 Å². The van der Waals surface area contributed by atoms with Crippen LogP contribution in [0.25, 0.3) is 0 Å². The summed E-state index contributed by atoms with van der Waals surface area (Å²) in [6.07, 6.45) is 1.89. The van der Waals surface area contributed by atoms with Crippen molar-refractivity contribution in [1.82, 2.24) is 0 Å². The summed E-state index contributed by atoms with van der Waals surface area (Å²) in [7, 11) is 0. The molecule has 2 nitrogen and oxygen atoms in total. The third-order valence-corrected chi connectivity index (χ3v) is 3.75. The first kappa shape index (κ1) is 6.63. The summed E-state index contributed by atoms with van der Waals surface area (Å²) < 4.78 is 0.648. The first-order chi connectivity index (χ1) is 4.22. The monoisotopic (exact) mass is 186 g/mol. The van der Waals surface area contributed by atoms with Gasteiger partial charge in [-0.1, -0.05) is 0 Å². The standard InChI is InChI=1S/C6H7AsO2/c1-4-2-3-7-5(4)6(8)9/h2-3,7H,1H3,(H,8,9). The van der Waals surface area contributed by atoms with E-state index in [1.807, 2.05) is 17.9 Å². The molecule has 0 aromatic heterocycles. The molecule has 1 aliphatic rings. The summed E-state index contributed by atoms with van der Waals surface area (Å²) in [6, 6.07) is 0. The van der Waals surface area contributed by atoms with Gasteiger partial charge in [0.25, 0.3) is 0 Å². The fourth-order valence-electron chi connectivity index (χ4n) is 0.678. The number of carbonyl (C=O) groups is 1. The van der Waals surface area contributed by atoms with E-state index in [2.05, 4.69) is 0 Å². The molecule has 1 aliphatic heterocycles.